The fourth-order valence-electron chi connectivity index (χ4n) is 2.71. The predicted octanol–water partition coefficient (Wildman–Crippen LogP) is 4.19. The molecule has 9 heteroatoms. The molecule has 4 rings (SSSR count). The first-order valence-electron chi connectivity index (χ1n) is 8.83. The third-order valence-electron chi connectivity index (χ3n) is 4.15. The zero-order valence-electron chi connectivity index (χ0n) is 15.1. The minimum atomic E-state index is -0.363. The monoisotopic (exact) mass is 430 g/mol. The number of carbonyl (C=O) groups excluding carboxylic acids is 1. The highest BCUT2D eigenvalue weighted by atomic mass is 32.2. The van der Waals surface area contributed by atoms with E-state index in [1.54, 1.807) is 34.8 Å². The number of carbonyl (C=O) groups is 1. The van der Waals surface area contributed by atoms with Crippen LogP contribution in [0.1, 0.15) is 5.69 Å². The van der Waals surface area contributed by atoms with E-state index in [1.165, 1.54) is 41.3 Å². The molecular formula is C20H16F2N4OS2. The summed E-state index contributed by atoms with van der Waals surface area (Å²) in [5.41, 5.74) is 1.26. The molecule has 2 aromatic carbocycles. The van der Waals surface area contributed by atoms with Crippen LogP contribution in [0.25, 0.3) is 16.3 Å². The largest absolute Gasteiger partial charge is 0.355 e. The van der Waals surface area contributed by atoms with E-state index in [4.69, 9.17) is 0 Å². The standard InChI is InChI=1S/C20H16F2N4OS2/c21-13-5-7-15(8-6-13)28-12-18(27)23-10-9-14-11-29-20-24-19(25-26(14)20)16-3-1-2-4-17(16)22/h1-8,11H,9-10,12H2,(H,23,27). The molecule has 2 heterocycles. The van der Waals surface area contributed by atoms with Crippen molar-refractivity contribution in [3.8, 4) is 11.4 Å². The molecule has 0 saturated heterocycles. The van der Waals surface area contributed by atoms with Crippen LogP contribution in [0, 0.1) is 11.6 Å². The van der Waals surface area contributed by atoms with Crippen molar-refractivity contribution < 1.29 is 13.6 Å². The van der Waals surface area contributed by atoms with Crippen molar-refractivity contribution >= 4 is 34.0 Å². The summed E-state index contributed by atoms with van der Waals surface area (Å²) >= 11 is 2.77. The van der Waals surface area contributed by atoms with Crippen molar-refractivity contribution in [3.05, 3.63) is 71.2 Å². The molecule has 0 aliphatic rings. The van der Waals surface area contributed by atoms with Crippen LogP contribution in [0.4, 0.5) is 8.78 Å². The van der Waals surface area contributed by atoms with Crippen LogP contribution in [0.5, 0.6) is 0 Å². The predicted molar refractivity (Wildman–Crippen MR) is 110 cm³/mol. The highest BCUT2D eigenvalue weighted by Crippen LogP contribution is 2.23. The number of amides is 1. The minimum Gasteiger partial charge on any atom is -0.355 e. The maximum absolute atomic E-state index is 14.0. The number of hydrogen-bond acceptors (Lipinski definition) is 5. The molecule has 0 aliphatic carbocycles. The number of nitrogens with zero attached hydrogens (tertiary/aromatic N) is 3. The first-order chi connectivity index (χ1) is 14.1. The van der Waals surface area contributed by atoms with Gasteiger partial charge in [-0.05, 0) is 36.4 Å². The van der Waals surface area contributed by atoms with Crippen LogP contribution < -0.4 is 5.32 Å². The van der Waals surface area contributed by atoms with Crippen LogP contribution in [0.2, 0.25) is 0 Å². The molecule has 5 nitrogen and oxygen atoms in total. The first-order valence-corrected chi connectivity index (χ1v) is 10.7. The Labute approximate surface area is 173 Å². The van der Waals surface area contributed by atoms with Crippen molar-refractivity contribution in [2.45, 2.75) is 11.3 Å². The molecule has 1 N–H and O–H groups in total. The molecule has 0 atom stereocenters. The Balaban J connectivity index is 1.33. The second-order valence-electron chi connectivity index (χ2n) is 6.18. The molecule has 0 aliphatic heterocycles. The van der Waals surface area contributed by atoms with Gasteiger partial charge in [0.15, 0.2) is 5.82 Å². The summed E-state index contributed by atoms with van der Waals surface area (Å²) in [6.07, 6.45) is 0.576. The van der Waals surface area contributed by atoms with E-state index in [0.717, 1.165) is 10.6 Å². The summed E-state index contributed by atoms with van der Waals surface area (Å²) in [6.45, 7) is 0.448. The summed E-state index contributed by atoms with van der Waals surface area (Å²) in [6, 6.07) is 12.4. The van der Waals surface area contributed by atoms with Crippen molar-refractivity contribution in [1.29, 1.82) is 0 Å². The van der Waals surface area contributed by atoms with Gasteiger partial charge in [0.2, 0.25) is 10.9 Å². The number of rotatable bonds is 7. The van der Waals surface area contributed by atoms with Gasteiger partial charge in [-0.2, -0.15) is 4.98 Å². The summed E-state index contributed by atoms with van der Waals surface area (Å²) < 4.78 is 28.5. The van der Waals surface area contributed by atoms with E-state index in [0.29, 0.717) is 29.3 Å². The maximum Gasteiger partial charge on any atom is 0.230 e. The number of thioether (sulfide) groups is 1. The Morgan fingerprint density at radius 2 is 1.93 bits per heavy atom. The van der Waals surface area contributed by atoms with Crippen LogP contribution in [0.3, 0.4) is 0 Å². The van der Waals surface area contributed by atoms with E-state index in [9.17, 15) is 13.6 Å². The second-order valence-corrected chi connectivity index (χ2v) is 8.06. The van der Waals surface area contributed by atoms with Crippen molar-refractivity contribution in [2.24, 2.45) is 0 Å². The van der Waals surface area contributed by atoms with Gasteiger partial charge in [-0.25, -0.2) is 13.3 Å². The molecule has 0 saturated carbocycles. The minimum absolute atomic E-state index is 0.101. The van der Waals surface area contributed by atoms with Crippen LogP contribution in [0.15, 0.2) is 58.8 Å². The third-order valence-corrected chi connectivity index (χ3v) is 6.03. The SMILES string of the molecule is O=C(CSc1ccc(F)cc1)NCCc1csc2nc(-c3ccccc3F)nn12. The number of fused-ring (bicyclic) bond motifs is 1. The molecule has 0 fully saturated rings. The van der Waals surface area contributed by atoms with Gasteiger partial charge >= 0.3 is 0 Å². The van der Waals surface area contributed by atoms with Gasteiger partial charge < -0.3 is 5.32 Å². The van der Waals surface area contributed by atoms with Crippen molar-refractivity contribution in [2.75, 3.05) is 12.3 Å². The lowest BCUT2D eigenvalue weighted by Gasteiger charge is -2.05. The highest BCUT2D eigenvalue weighted by Gasteiger charge is 2.14. The zero-order valence-corrected chi connectivity index (χ0v) is 16.8. The average Bonchev–Trinajstić information content (AvgIpc) is 3.29. The van der Waals surface area contributed by atoms with Gasteiger partial charge in [0.25, 0.3) is 0 Å². The Bertz CT molecular complexity index is 1140. The Hall–Kier alpha value is -2.78. The Morgan fingerprint density at radius 1 is 1.14 bits per heavy atom. The Kier molecular flexibility index (Phi) is 5.86. The quantitative estimate of drug-likeness (QED) is 0.447. The molecule has 0 bridgehead atoms. The molecular weight excluding hydrogens is 414 g/mol. The van der Waals surface area contributed by atoms with Gasteiger partial charge in [-0.15, -0.1) is 28.2 Å². The topological polar surface area (TPSA) is 59.3 Å². The van der Waals surface area contributed by atoms with E-state index >= 15 is 0 Å². The fourth-order valence-corrected chi connectivity index (χ4v) is 4.30. The van der Waals surface area contributed by atoms with Crippen LogP contribution in [-0.2, 0) is 11.2 Å². The molecule has 1 amide bonds. The fraction of sp³-hybridized carbons (Fsp3) is 0.150. The molecule has 4 aromatic rings. The molecule has 29 heavy (non-hydrogen) atoms. The summed E-state index contributed by atoms with van der Waals surface area (Å²) in [5, 5.41) is 9.21. The Morgan fingerprint density at radius 3 is 2.72 bits per heavy atom. The van der Waals surface area contributed by atoms with E-state index in [1.807, 2.05) is 5.38 Å². The van der Waals surface area contributed by atoms with E-state index in [-0.39, 0.29) is 23.3 Å². The first kappa shape index (κ1) is 19.5. The smallest absolute Gasteiger partial charge is 0.230 e. The van der Waals surface area contributed by atoms with Gasteiger partial charge in [-0.3, -0.25) is 4.79 Å². The lowest BCUT2D eigenvalue weighted by Crippen LogP contribution is -2.27. The average molecular weight is 431 g/mol. The molecule has 2 aromatic heterocycles. The van der Waals surface area contributed by atoms with E-state index < -0.39 is 0 Å². The highest BCUT2D eigenvalue weighted by molar-refractivity contribution is 8.00. The van der Waals surface area contributed by atoms with Crippen molar-refractivity contribution in [1.82, 2.24) is 19.9 Å². The number of aromatic nitrogens is 3. The van der Waals surface area contributed by atoms with Crippen LogP contribution in [-0.4, -0.2) is 32.8 Å². The van der Waals surface area contributed by atoms with Gasteiger partial charge in [0.1, 0.15) is 11.6 Å². The zero-order chi connectivity index (χ0) is 20.2. The summed E-state index contributed by atoms with van der Waals surface area (Å²) in [4.78, 5) is 17.9. The maximum atomic E-state index is 14.0. The normalized spacial score (nSPS) is 11.1. The lowest BCUT2D eigenvalue weighted by molar-refractivity contribution is -0.118. The molecule has 0 spiro atoms. The molecule has 0 radical (unpaired) electrons. The summed E-state index contributed by atoms with van der Waals surface area (Å²) in [7, 11) is 0. The third kappa shape index (κ3) is 4.63. The molecule has 148 valence electrons. The number of thiazole rings is 1. The number of hydrogen-bond donors (Lipinski definition) is 1. The van der Waals surface area contributed by atoms with Gasteiger partial charge in [-0.1, -0.05) is 12.1 Å². The summed E-state index contributed by atoms with van der Waals surface area (Å²) in [5.74, 6) is -0.163. The molecule has 0 unspecified atom stereocenters. The lowest BCUT2D eigenvalue weighted by atomic mass is 10.2. The van der Waals surface area contributed by atoms with Gasteiger partial charge in [0, 0.05) is 23.2 Å². The number of benzene rings is 2. The second kappa shape index (κ2) is 8.71. The number of nitrogens with one attached hydrogen (secondary N) is 1. The number of halogens is 2. The van der Waals surface area contributed by atoms with E-state index in [2.05, 4.69) is 15.4 Å². The van der Waals surface area contributed by atoms with Crippen molar-refractivity contribution in [3.63, 3.8) is 0 Å². The van der Waals surface area contributed by atoms with Gasteiger partial charge in [0.05, 0.1) is 17.0 Å². The van der Waals surface area contributed by atoms with Crippen LogP contribution >= 0.6 is 23.1 Å².